The number of aryl methyl sites for hydroxylation is 1. The van der Waals surface area contributed by atoms with Gasteiger partial charge < -0.3 is 5.32 Å². The number of nitrogens with one attached hydrogen (secondary N) is 1. The molecule has 17 heavy (non-hydrogen) atoms. The summed E-state index contributed by atoms with van der Waals surface area (Å²) in [6.07, 6.45) is 5.28. The van der Waals surface area contributed by atoms with Crippen LogP contribution >= 0.6 is 0 Å². The van der Waals surface area contributed by atoms with Crippen LogP contribution in [-0.4, -0.2) is 20.7 Å². The zero-order chi connectivity index (χ0) is 12.3. The maximum Gasteiger partial charge on any atom is 0.217 e. The Hall–Kier alpha value is -2.17. The van der Waals surface area contributed by atoms with Crippen molar-refractivity contribution in [2.45, 2.75) is 13.5 Å². The molecular formula is C12H14N4O. The number of carbonyl (C=O) groups excluding carboxylic acids is 1. The van der Waals surface area contributed by atoms with Crippen LogP contribution in [0.25, 0.3) is 11.3 Å². The normalized spacial score (nSPS) is 10.2. The largest absolute Gasteiger partial charge is 0.352 e. The number of pyridine rings is 1. The van der Waals surface area contributed by atoms with E-state index in [1.165, 1.54) is 6.92 Å². The lowest BCUT2D eigenvalue weighted by Gasteiger charge is -2.05. The fourth-order valence-electron chi connectivity index (χ4n) is 1.61. The van der Waals surface area contributed by atoms with E-state index in [2.05, 4.69) is 15.4 Å². The first-order chi connectivity index (χ1) is 8.16. The van der Waals surface area contributed by atoms with Crippen molar-refractivity contribution in [3.8, 4) is 11.3 Å². The van der Waals surface area contributed by atoms with Gasteiger partial charge in [-0.25, -0.2) is 0 Å². The number of hydrogen-bond donors (Lipinski definition) is 1. The highest BCUT2D eigenvalue weighted by atomic mass is 16.1. The third-order valence-electron chi connectivity index (χ3n) is 2.45. The predicted octanol–water partition coefficient (Wildman–Crippen LogP) is 1.12. The van der Waals surface area contributed by atoms with E-state index < -0.39 is 0 Å². The summed E-state index contributed by atoms with van der Waals surface area (Å²) in [6, 6.07) is 3.93. The van der Waals surface area contributed by atoms with Crippen molar-refractivity contribution in [3.63, 3.8) is 0 Å². The van der Waals surface area contributed by atoms with Crippen LogP contribution in [0.5, 0.6) is 0 Å². The Kier molecular flexibility index (Phi) is 3.18. The molecule has 0 aliphatic rings. The Bertz CT molecular complexity index is 533. The summed E-state index contributed by atoms with van der Waals surface area (Å²) < 4.78 is 1.79. The summed E-state index contributed by atoms with van der Waals surface area (Å²) in [6.45, 7) is 1.99. The van der Waals surface area contributed by atoms with Crippen LogP contribution in [0.4, 0.5) is 0 Å². The molecule has 2 rings (SSSR count). The van der Waals surface area contributed by atoms with Crippen molar-refractivity contribution >= 4 is 5.91 Å². The third kappa shape index (κ3) is 2.69. The maximum atomic E-state index is 10.8. The number of hydrogen-bond acceptors (Lipinski definition) is 3. The van der Waals surface area contributed by atoms with Gasteiger partial charge in [-0.3, -0.25) is 14.5 Å². The first-order valence-corrected chi connectivity index (χ1v) is 5.33. The molecule has 5 heteroatoms. The van der Waals surface area contributed by atoms with Crippen LogP contribution in [0, 0.1) is 0 Å². The molecule has 0 aliphatic carbocycles. The van der Waals surface area contributed by atoms with Crippen molar-refractivity contribution in [2.24, 2.45) is 7.05 Å². The van der Waals surface area contributed by atoms with Gasteiger partial charge in [0.2, 0.25) is 5.91 Å². The van der Waals surface area contributed by atoms with E-state index in [4.69, 9.17) is 0 Å². The van der Waals surface area contributed by atoms with E-state index in [9.17, 15) is 4.79 Å². The van der Waals surface area contributed by atoms with Gasteiger partial charge >= 0.3 is 0 Å². The minimum atomic E-state index is -0.0454. The predicted molar refractivity (Wildman–Crippen MR) is 64.0 cm³/mol. The third-order valence-corrected chi connectivity index (χ3v) is 2.45. The van der Waals surface area contributed by atoms with Crippen LogP contribution in [-0.2, 0) is 18.4 Å². The molecule has 0 aromatic carbocycles. The van der Waals surface area contributed by atoms with Crippen molar-refractivity contribution < 1.29 is 4.79 Å². The molecule has 0 atom stereocenters. The maximum absolute atomic E-state index is 10.8. The minimum absolute atomic E-state index is 0.0454. The molecule has 0 spiro atoms. The van der Waals surface area contributed by atoms with Gasteiger partial charge in [0, 0.05) is 44.7 Å². The van der Waals surface area contributed by atoms with Gasteiger partial charge in [-0.1, -0.05) is 0 Å². The van der Waals surface area contributed by atoms with E-state index in [0.717, 1.165) is 16.8 Å². The smallest absolute Gasteiger partial charge is 0.217 e. The quantitative estimate of drug-likeness (QED) is 0.859. The standard InChI is InChI=1S/C12H14N4O/c1-9(17)14-7-10-5-11(8-13-6-10)12-3-4-15-16(12)2/h3-6,8H,7H2,1-2H3,(H,14,17). The highest BCUT2D eigenvalue weighted by Crippen LogP contribution is 2.17. The van der Waals surface area contributed by atoms with Crippen LogP contribution in [0.2, 0.25) is 0 Å². The zero-order valence-electron chi connectivity index (χ0n) is 9.84. The molecule has 1 N–H and O–H groups in total. The number of aromatic nitrogens is 3. The van der Waals surface area contributed by atoms with Crippen LogP contribution in [0.15, 0.2) is 30.7 Å². The molecule has 0 saturated heterocycles. The highest BCUT2D eigenvalue weighted by Gasteiger charge is 2.04. The zero-order valence-corrected chi connectivity index (χ0v) is 9.84. The second-order valence-corrected chi connectivity index (χ2v) is 3.83. The number of rotatable bonds is 3. The lowest BCUT2D eigenvalue weighted by atomic mass is 10.1. The molecular weight excluding hydrogens is 216 g/mol. The average molecular weight is 230 g/mol. The van der Waals surface area contributed by atoms with E-state index in [1.54, 1.807) is 23.3 Å². The van der Waals surface area contributed by atoms with Crippen LogP contribution < -0.4 is 5.32 Å². The molecule has 5 nitrogen and oxygen atoms in total. The first-order valence-electron chi connectivity index (χ1n) is 5.33. The number of nitrogens with zero attached hydrogens (tertiary/aromatic N) is 3. The topological polar surface area (TPSA) is 59.8 Å². The van der Waals surface area contributed by atoms with Crippen molar-refractivity contribution in [2.75, 3.05) is 0 Å². The molecule has 0 unspecified atom stereocenters. The Morgan fingerprint density at radius 2 is 2.29 bits per heavy atom. The van der Waals surface area contributed by atoms with Gasteiger partial charge in [0.05, 0.1) is 5.69 Å². The van der Waals surface area contributed by atoms with Crippen molar-refractivity contribution in [1.29, 1.82) is 0 Å². The minimum Gasteiger partial charge on any atom is -0.352 e. The number of amides is 1. The van der Waals surface area contributed by atoms with Gasteiger partial charge in [0.15, 0.2) is 0 Å². The number of carbonyl (C=O) groups is 1. The molecule has 2 aromatic rings. The van der Waals surface area contributed by atoms with Gasteiger partial charge in [-0.15, -0.1) is 0 Å². The van der Waals surface area contributed by atoms with E-state index >= 15 is 0 Å². The average Bonchev–Trinajstić information content (AvgIpc) is 2.73. The van der Waals surface area contributed by atoms with E-state index in [-0.39, 0.29) is 5.91 Å². The fourth-order valence-corrected chi connectivity index (χ4v) is 1.61. The second kappa shape index (κ2) is 4.78. The van der Waals surface area contributed by atoms with Crippen molar-refractivity contribution in [1.82, 2.24) is 20.1 Å². The Morgan fingerprint density at radius 3 is 2.94 bits per heavy atom. The van der Waals surface area contributed by atoms with Gasteiger partial charge in [-0.2, -0.15) is 5.10 Å². The summed E-state index contributed by atoms with van der Waals surface area (Å²) in [5.74, 6) is -0.0454. The SMILES string of the molecule is CC(=O)NCc1cncc(-c2ccnn2C)c1. The Morgan fingerprint density at radius 1 is 1.47 bits per heavy atom. The molecule has 0 bridgehead atoms. The molecule has 2 aromatic heterocycles. The monoisotopic (exact) mass is 230 g/mol. The summed E-state index contributed by atoms with van der Waals surface area (Å²) in [5.41, 5.74) is 2.97. The van der Waals surface area contributed by atoms with Crippen LogP contribution in [0.1, 0.15) is 12.5 Å². The summed E-state index contributed by atoms with van der Waals surface area (Å²) in [5, 5.41) is 6.86. The van der Waals surface area contributed by atoms with Gasteiger partial charge in [-0.05, 0) is 17.7 Å². The van der Waals surface area contributed by atoms with E-state index in [0.29, 0.717) is 6.54 Å². The molecule has 2 heterocycles. The lowest BCUT2D eigenvalue weighted by molar-refractivity contribution is -0.119. The van der Waals surface area contributed by atoms with Gasteiger partial charge in [0.1, 0.15) is 0 Å². The molecule has 0 fully saturated rings. The lowest BCUT2D eigenvalue weighted by Crippen LogP contribution is -2.18. The van der Waals surface area contributed by atoms with Crippen molar-refractivity contribution in [3.05, 3.63) is 36.3 Å². The fraction of sp³-hybridized carbons (Fsp3) is 0.250. The second-order valence-electron chi connectivity index (χ2n) is 3.83. The summed E-state index contributed by atoms with van der Waals surface area (Å²) in [7, 11) is 1.88. The molecule has 1 amide bonds. The summed E-state index contributed by atoms with van der Waals surface area (Å²) in [4.78, 5) is 15.0. The molecule has 88 valence electrons. The van der Waals surface area contributed by atoms with Crippen LogP contribution in [0.3, 0.4) is 0 Å². The Labute approximate surface area is 99.5 Å². The Balaban J connectivity index is 2.23. The van der Waals surface area contributed by atoms with E-state index in [1.807, 2.05) is 19.2 Å². The summed E-state index contributed by atoms with van der Waals surface area (Å²) >= 11 is 0. The highest BCUT2D eigenvalue weighted by molar-refractivity contribution is 5.72. The molecule has 0 radical (unpaired) electrons. The molecule has 0 saturated carbocycles. The van der Waals surface area contributed by atoms with Gasteiger partial charge in [0.25, 0.3) is 0 Å². The molecule has 0 aliphatic heterocycles. The first kappa shape index (κ1) is 11.3.